The minimum Gasteiger partial charge on any atom is -0.462 e. The van der Waals surface area contributed by atoms with Crippen molar-refractivity contribution in [1.29, 1.82) is 0 Å². The number of ether oxygens (including phenoxy) is 2. The Balaban J connectivity index is 1.84. The molecule has 1 aromatic heterocycles. The molecule has 1 aromatic rings. The van der Waals surface area contributed by atoms with Gasteiger partial charge in [-0.25, -0.2) is 14.8 Å². The molecule has 0 spiro atoms. The number of esters is 1. The minimum absolute atomic E-state index is 0.0561. The molecule has 1 saturated heterocycles. The molecule has 1 saturated carbocycles. The first kappa shape index (κ1) is 16.0. The third kappa shape index (κ3) is 3.90. The maximum Gasteiger partial charge on any atom is 0.434 e. The number of anilines is 1. The standard InChI is InChI=1S/C14H16F3N3O3/c15-14(16,17)11-10(12(21)23-8-9-1-2-9)7-18-13(19-11)20-3-5-22-6-4-20/h7,9H,1-6,8H2. The topological polar surface area (TPSA) is 64.5 Å². The predicted molar refractivity (Wildman–Crippen MR) is 73.1 cm³/mol. The van der Waals surface area contributed by atoms with E-state index in [0.29, 0.717) is 26.3 Å². The van der Waals surface area contributed by atoms with Crippen LogP contribution in [0.2, 0.25) is 0 Å². The van der Waals surface area contributed by atoms with E-state index in [4.69, 9.17) is 9.47 Å². The van der Waals surface area contributed by atoms with E-state index in [0.717, 1.165) is 19.0 Å². The average molecular weight is 331 g/mol. The van der Waals surface area contributed by atoms with Crippen LogP contribution in [0.25, 0.3) is 0 Å². The lowest BCUT2D eigenvalue weighted by Crippen LogP contribution is -2.38. The zero-order valence-electron chi connectivity index (χ0n) is 12.3. The molecule has 0 bridgehead atoms. The third-order valence-electron chi connectivity index (χ3n) is 3.71. The van der Waals surface area contributed by atoms with Crippen LogP contribution in [0, 0.1) is 5.92 Å². The first-order valence-electron chi connectivity index (χ1n) is 7.39. The van der Waals surface area contributed by atoms with E-state index in [2.05, 4.69) is 9.97 Å². The van der Waals surface area contributed by atoms with Gasteiger partial charge in [-0.05, 0) is 18.8 Å². The van der Waals surface area contributed by atoms with Gasteiger partial charge in [0.2, 0.25) is 5.95 Å². The van der Waals surface area contributed by atoms with Gasteiger partial charge in [-0.15, -0.1) is 0 Å². The van der Waals surface area contributed by atoms with Gasteiger partial charge in [0, 0.05) is 19.3 Å². The number of morpholine rings is 1. The van der Waals surface area contributed by atoms with Crippen molar-refractivity contribution >= 4 is 11.9 Å². The van der Waals surface area contributed by atoms with Crippen molar-refractivity contribution in [2.45, 2.75) is 19.0 Å². The molecule has 2 fully saturated rings. The number of rotatable bonds is 4. The monoisotopic (exact) mass is 331 g/mol. The van der Waals surface area contributed by atoms with Crippen LogP contribution in [0.1, 0.15) is 28.9 Å². The highest BCUT2D eigenvalue weighted by atomic mass is 19.4. The number of aromatic nitrogens is 2. The fourth-order valence-electron chi connectivity index (χ4n) is 2.21. The molecule has 23 heavy (non-hydrogen) atoms. The normalized spacial score (nSPS) is 18.8. The molecule has 3 rings (SSSR count). The van der Waals surface area contributed by atoms with E-state index in [1.807, 2.05) is 0 Å². The lowest BCUT2D eigenvalue weighted by Gasteiger charge is -2.27. The molecule has 2 aliphatic rings. The number of hydrogen-bond donors (Lipinski definition) is 0. The molecule has 1 aliphatic carbocycles. The summed E-state index contributed by atoms with van der Waals surface area (Å²) in [4.78, 5) is 21.0. The lowest BCUT2D eigenvalue weighted by molar-refractivity contribution is -0.141. The van der Waals surface area contributed by atoms with E-state index >= 15 is 0 Å². The molecule has 0 N–H and O–H groups in total. The molecule has 0 unspecified atom stereocenters. The first-order valence-corrected chi connectivity index (χ1v) is 7.39. The number of hydrogen-bond acceptors (Lipinski definition) is 6. The summed E-state index contributed by atoms with van der Waals surface area (Å²) in [5, 5.41) is 0. The number of nitrogens with zero attached hydrogens (tertiary/aromatic N) is 3. The van der Waals surface area contributed by atoms with Gasteiger partial charge in [-0.2, -0.15) is 13.2 Å². The van der Waals surface area contributed by atoms with Crippen molar-refractivity contribution in [1.82, 2.24) is 9.97 Å². The van der Waals surface area contributed by atoms with Gasteiger partial charge in [0.15, 0.2) is 5.69 Å². The Bertz CT molecular complexity index is 584. The maximum absolute atomic E-state index is 13.2. The van der Waals surface area contributed by atoms with Gasteiger partial charge in [0.25, 0.3) is 0 Å². The fraction of sp³-hybridized carbons (Fsp3) is 0.643. The summed E-state index contributed by atoms with van der Waals surface area (Å²) in [6, 6.07) is 0. The van der Waals surface area contributed by atoms with Crippen molar-refractivity contribution in [2.24, 2.45) is 5.92 Å². The Kier molecular flexibility index (Phi) is 4.38. The van der Waals surface area contributed by atoms with Gasteiger partial charge in [-0.1, -0.05) is 0 Å². The van der Waals surface area contributed by atoms with Gasteiger partial charge >= 0.3 is 12.1 Å². The molecular weight excluding hydrogens is 315 g/mol. The zero-order chi connectivity index (χ0) is 16.4. The van der Waals surface area contributed by atoms with Crippen LogP contribution in [0.4, 0.5) is 19.1 Å². The van der Waals surface area contributed by atoms with Crippen molar-refractivity contribution in [3.8, 4) is 0 Å². The van der Waals surface area contributed by atoms with Gasteiger partial charge in [-0.3, -0.25) is 0 Å². The highest BCUT2D eigenvalue weighted by molar-refractivity contribution is 5.90. The quantitative estimate of drug-likeness (QED) is 0.785. The molecule has 0 radical (unpaired) electrons. The smallest absolute Gasteiger partial charge is 0.434 e. The summed E-state index contributed by atoms with van der Waals surface area (Å²) in [6.45, 7) is 1.75. The second kappa shape index (κ2) is 6.31. The van der Waals surface area contributed by atoms with Crippen molar-refractivity contribution < 1.29 is 27.4 Å². The summed E-state index contributed by atoms with van der Waals surface area (Å²) in [6.07, 6.45) is -1.98. The molecule has 2 heterocycles. The Morgan fingerprint density at radius 3 is 2.65 bits per heavy atom. The predicted octanol–water partition coefficient (Wildman–Crippen LogP) is 1.90. The van der Waals surface area contributed by atoms with E-state index in [1.54, 1.807) is 4.90 Å². The van der Waals surface area contributed by atoms with E-state index < -0.39 is 23.4 Å². The number of carbonyl (C=O) groups is 1. The molecule has 0 atom stereocenters. The zero-order valence-corrected chi connectivity index (χ0v) is 12.3. The van der Waals surface area contributed by atoms with Crippen LogP contribution in [-0.4, -0.2) is 48.8 Å². The Labute approximate surface area is 130 Å². The van der Waals surface area contributed by atoms with Crippen LogP contribution in [0.15, 0.2) is 6.20 Å². The average Bonchev–Trinajstić information content (AvgIpc) is 3.36. The molecule has 0 aromatic carbocycles. The summed E-state index contributed by atoms with van der Waals surface area (Å²) >= 11 is 0. The van der Waals surface area contributed by atoms with Crippen molar-refractivity contribution in [3.63, 3.8) is 0 Å². The molecule has 1 aliphatic heterocycles. The largest absolute Gasteiger partial charge is 0.462 e. The van der Waals surface area contributed by atoms with Crippen molar-refractivity contribution in [3.05, 3.63) is 17.5 Å². The van der Waals surface area contributed by atoms with Gasteiger partial charge < -0.3 is 14.4 Å². The molecular formula is C14H16F3N3O3. The van der Waals surface area contributed by atoms with Crippen LogP contribution in [-0.2, 0) is 15.7 Å². The third-order valence-corrected chi connectivity index (χ3v) is 3.71. The first-order chi connectivity index (χ1) is 10.9. The summed E-state index contributed by atoms with van der Waals surface area (Å²) < 4.78 is 49.7. The Morgan fingerprint density at radius 2 is 2.04 bits per heavy atom. The van der Waals surface area contributed by atoms with Crippen LogP contribution < -0.4 is 4.90 Å². The molecule has 126 valence electrons. The number of alkyl halides is 3. The molecule has 0 amide bonds. The van der Waals surface area contributed by atoms with E-state index in [-0.39, 0.29) is 18.5 Å². The number of halogens is 3. The van der Waals surface area contributed by atoms with Gasteiger partial charge in [0.1, 0.15) is 5.56 Å². The highest BCUT2D eigenvalue weighted by Crippen LogP contribution is 2.33. The lowest BCUT2D eigenvalue weighted by atomic mass is 10.2. The van der Waals surface area contributed by atoms with Crippen LogP contribution in [0.5, 0.6) is 0 Å². The molecule has 6 nitrogen and oxygen atoms in total. The minimum atomic E-state index is -4.75. The van der Waals surface area contributed by atoms with Crippen LogP contribution >= 0.6 is 0 Å². The summed E-state index contributed by atoms with van der Waals surface area (Å²) in [7, 11) is 0. The van der Waals surface area contributed by atoms with Crippen LogP contribution in [0.3, 0.4) is 0 Å². The number of carbonyl (C=O) groups excluding carboxylic acids is 1. The van der Waals surface area contributed by atoms with Gasteiger partial charge in [0.05, 0.1) is 19.8 Å². The van der Waals surface area contributed by atoms with E-state index in [9.17, 15) is 18.0 Å². The van der Waals surface area contributed by atoms with Crippen molar-refractivity contribution in [2.75, 3.05) is 37.8 Å². The summed E-state index contributed by atoms with van der Waals surface area (Å²) in [5.41, 5.74) is -1.90. The second-order valence-electron chi connectivity index (χ2n) is 5.57. The molecule has 9 heteroatoms. The maximum atomic E-state index is 13.2. The second-order valence-corrected chi connectivity index (χ2v) is 5.57. The SMILES string of the molecule is O=C(OCC1CC1)c1cnc(N2CCOCC2)nc1C(F)(F)F. The Hall–Kier alpha value is -1.90. The van der Waals surface area contributed by atoms with E-state index in [1.165, 1.54) is 0 Å². The highest BCUT2D eigenvalue weighted by Gasteiger charge is 2.39. The Morgan fingerprint density at radius 1 is 1.35 bits per heavy atom. The summed E-state index contributed by atoms with van der Waals surface area (Å²) in [5.74, 6) is -0.820. The fourth-order valence-corrected chi connectivity index (χ4v) is 2.21.